The van der Waals surface area contributed by atoms with Crippen LogP contribution in [-0.2, 0) is 14.3 Å². The standard InChI is InChI=1S/C15H18O3/c1-7-4-5-10-9(3)15(17)18-14(10)13-8(2)6-11(16)12(7)13/h6,9-10,13-14H,4-5H2,1-3H3/t9-,10?,13?,14?/m1/s1. The number of hydrogen-bond donors (Lipinski definition) is 0. The SMILES string of the molecule is CC1=CC(=O)C2=C(C)CCC3C(OC(=O)[C@@H]3C)C12. The summed E-state index contributed by atoms with van der Waals surface area (Å²) in [6, 6.07) is 0. The summed E-state index contributed by atoms with van der Waals surface area (Å²) in [7, 11) is 0. The van der Waals surface area contributed by atoms with Crippen molar-refractivity contribution in [1.29, 1.82) is 0 Å². The van der Waals surface area contributed by atoms with E-state index in [0.717, 1.165) is 24.0 Å². The molecular weight excluding hydrogens is 228 g/mol. The van der Waals surface area contributed by atoms with Crippen molar-refractivity contribution < 1.29 is 14.3 Å². The van der Waals surface area contributed by atoms with Crippen molar-refractivity contribution in [2.24, 2.45) is 17.8 Å². The van der Waals surface area contributed by atoms with E-state index >= 15 is 0 Å². The fourth-order valence-electron chi connectivity index (χ4n) is 3.69. The topological polar surface area (TPSA) is 43.4 Å². The van der Waals surface area contributed by atoms with E-state index in [1.165, 1.54) is 5.57 Å². The van der Waals surface area contributed by atoms with Crippen LogP contribution in [0.2, 0.25) is 0 Å². The molecule has 0 N–H and O–H groups in total. The number of carbonyl (C=O) groups excluding carboxylic acids is 2. The van der Waals surface area contributed by atoms with Crippen molar-refractivity contribution >= 4 is 11.8 Å². The maximum atomic E-state index is 12.1. The summed E-state index contributed by atoms with van der Waals surface area (Å²) in [5.74, 6) is 0.246. The Bertz CT molecular complexity index is 498. The maximum absolute atomic E-state index is 12.1. The maximum Gasteiger partial charge on any atom is 0.309 e. The van der Waals surface area contributed by atoms with Crippen LogP contribution < -0.4 is 0 Å². The Labute approximate surface area is 107 Å². The molecule has 0 aromatic rings. The Morgan fingerprint density at radius 3 is 2.72 bits per heavy atom. The molecule has 18 heavy (non-hydrogen) atoms. The van der Waals surface area contributed by atoms with Gasteiger partial charge in [-0.25, -0.2) is 0 Å². The quantitative estimate of drug-likeness (QED) is 0.616. The van der Waals surface area contributed by atoms with E-state index < -0.39 is 0 Å². The van der Waals surface area contributed by atoms with Crippen molar-refractivity contribution in [3.05, 3.63) is 22.8 Å². The third kappa shape index (κ3) is 1.43. The molecule has 3 aliphatic rings. The molecule has 1 aliphatic heterocycles. The molecule has 0 aromatic heterocycles. The lowest BCUT2D eigenvalue weighted by Crippen LogP contribution is -2.28. The molecule has 96 valence electrons. The van der Waals surface area contributed by atoms with Crippen molar-refractivity contribution in [2.75, 3.05) is 0 Å². The second-order valence-corrected chi connectivity index (χ2v) is 5.82. The van der Waals surface area contributed by atoms with Gasteiger partial charge in [0, 0.05) is 17.4 Å². The van der Waals surface area contributed by atoms with Gasteiger partial charge in [0.15, 0.2) is 5.78 Å². The minimum absolute atomic E-state index is 0.0129. The lowest BCUT2D eigenvalue weighted by Gasteiger charge is -2.24. The van der Waals surface area contributed by atoms with Gasteiger partial charge in [-0.1, -0.05) is 18.1 Å². The number of esters is 1. The van der Waals surface area contributed by atoms with Gasteiger partial charge in [-0.3, -0.25) is 9.59 Å². The molecule has 3 nitrogen and oxygen atoms in total. The lowest BCUT2D eigenvalue weighted by atomic mass is 9.81. The summed E-state index contributed by atoms with van der Waals surface area (Å²) >= 11 is 0. The average Bonchev–Trinajstić information content (AvgIpc) is 2.68. The molecule has 3 unspecified atom stereocenters. The molecule has 3 rings (SSSR count). The minimum Gasteiger partial charge on any atom is -0.461 e. The van der Waals surface area contributed by atoms with Gasteiger partial charge in [-0.2, -0.15) is 0 Å². The molecule has 0 spiro atoms. The van der Waals surface area contributed by atoms with Crippen molar-refractivity contribution in [2.45, 2.75) is 39.7 Å². The highest BCUT2D eigenvalue weighted by Crippen LogP contribution is 2.47. The average molecular weight is 246 g/mol. The second-order valence-electron chi connectivity index (χ2n) is 5.82. The molecule has 1 fully saturated rings. The van der Waals surface area contributed by atoms with E-state index in [-0.39, 0.29) is 35.6 Å². The largest absolute Gasteiger partial charge is 0.461 e. The summed E-state index contributed by atoms with van der Waals surface area (Å²) in [6.07, 6.45) is 3.44. The fraction of sp³-hybridized carbons (Fsp3) is 0.600. The summed E-state index contributed by atoms with van der Waals surface area (Å²) in [6.45, 7) is 5.96. The first-order chi connectivity index (χ1) is 8.50. The second kappa shape index (κ2) is 3.81. The van der Waals surface area contributed by atoms with Crippen molar-refractivity contribution in [1.82, 2.24) is 0 Å². The lowest BCUT2D eigenvalue weighted by molar-refractivity contribution is -0.144. The molecule has 0 aromatic carbocycles. The third-order valence-electron chi connectivity index (χ3n) is 4.76. The van der Waals surface area contributed by atoms with Crippen LogP contribution >= 0.6 is 0 Å². The molecule has 0 saturated carbocycles. The number of rotatable bonds is 0. The molecule has 0 amide bonds. The molecule has 4 atom stereocenters. The highest BCUT2D eigenvalue weighted by Gasteiger charge is 2.50. The summed E-state index contributed by atoms with van der Waals surface area (Å²) in [4.78, 5) is 23.8. The molecule has 0 radical (unpaired) electrons. The van der Waals surface area contributed by atoms with E-state index in [1.54, 1.807) is 6.08 Å². The number of allylic oxidation sites excluding steroid dienone is 2. The summed E-state index contributed by atoms with van der Waals surface area (Å²) in [5.41, 5.74) is 3.12. The van der Waals surface area contributed by atoms with E-state index in [9.17, 15) is 9.59 Å². The van der Waals surface area contributed by atoms with Crippen LogP contribution in [0.15, 0.2) is 22.8 Å². The van der Waals surface area contributed by atoms with Gasteiger partial charge in [0.05, 0.1) is 5.92 Å². The number of ether oxygens (including phenoxy) is 1. The zero-order valence-corrected chi connectivity index (χ0v) is 11.0. The predicted molar refractivity (Wildman–Crippen MR) is 66.7 cm³/mol. The number of hydrogen-bond acceptors (Lipinski definition) is 3. The number of fused-ring (bicyclic) bond motifs is 3. The zero-order valence-electron chi connectivity index (χ0n) is 11.0. The Kier molecular flexibility index (Phi) is 2.47. The normalized spacial score (nSPS) is 39.2. The van der Waals surface area contributed by atoms with Gasteiger partial charge in [-0.15, -0.1) is 0 Å². The molecule has 2 aliphatic carbocycles. The highest BCUT2D eigenvalue weighted by molar-refractivity contribution is 6.09. The van der Waals surface area contributed by atoms with Gasteiger partial charge in [-0.05, 0) is 32.8 Å². The molecule has 1 saturated heterocycles. The van der Waals surface area contributed by atoms with Crippen LogP contribution in [0.25, 0.3) is 0 Å². The van der Waals surface area contributed by atoms with E-state index in [4.69, 9.17) is 4.74 Å². The molecule has 0 bridgehead atoms. The number of ketones is 1. The Morgan fingerprint density at radius 2 is 2.00 bits per heavy atom. The van der Waals surface area contributed by atoms with Crippen LogP contribution in [0.3, 0.4) is 0 Å². The van der Waals surface area contributed by atoms with Crippen LogP contribution in [0.1, 0.15) is 33.6 Å². The summed E-state index contributed by atoms with van der Waals surface area (Å²) < 4.78 is 5.57. The molecular formula is C15H18O3. The fourth-order valence-corrected chi connectivity index (χ4v) is 3.69. The molecule has 1 heterocycles. The van der Waals surface area contributed by atoms with Crippen LogP contribution in [-0.4, -0.2) is 17.9 Å². The van der Waals surface area contributed by atoms with Gasteiger partial charge in [0.2, 0.25) is 0 Å². The smallest absolute Gasteiger partial charge is 0.309 e. The van der Waals surface area contributed by atoms with Gasteiger partial charge >= 0.3 is 5.97 Å². The molecule has 3 heteroatoms. The van der Waals surface area contributed by atoms with Gasteiger partial charge in [0.25, 0.3) is 0 Å². The Hall–Kier alpha value is -1.38. The van der Waals surface area contributed by atoms with Crippen molar-refractivity contribution in [3.8, 4) is 0 Å². The third-order valence-corrected chi connectivity index (χ3v) is 4.76. The van der Waals surface area contributed by atoms with Crippen LogP contribution in [0, 0.1) is 17.8 Å². The van der Waals surface area contributed by atoms with E-state index in [2.05, 4.69) is 0 Å². The highest BCUT2D eigenvalue weighted by atomic mass is 16.6. The van der Waals surface area contributed by atoms with Crippen LogP contribution in [0.4, 0.5) is 0 Å². The van der Waals surface area contributed by atoms with Gasteiger partial charge in [0.1, 0.15) is 6.10 Å². The zero-order chi connectivity index (χ0) is 13.0. The van der Waals surface area contributed by atoms with E-state index in [1.807, 2.05) is 20.8 Å². The van der Waals surface area contributed by atoms with Crippen molar-refractivity contribution in [3.63, 3.8) is 0 Å². The Balaban J connectivity index is 2.07. The Morgan fingerprint density at radius 1 is 1.28 bits per heavy atom. The van der Waals surface area contributed by atoms with E-state index in [0.29, 0.717) is 0 Å². The van der Waals surface area contributed by atoms with Gasteiger partial charge < -0.3 is 4.74 Å². The minimum atomic E-state index is -0.123. The first kappa shape index (κ1) is 11.7. The summed E-state index contributed by atoms with van der Waals surface area (Å²) in [5, 5.41) is 0. The predicted octanol–water partition coefficient (Wildman–Crippen LogP) is 2.42. The first-order valence-corrected chi connectivity index (χ1v) is 6.63. The number of carbonyl (C=O) groups is 2. The van der Waals surface area contributed by atoms with Crippen LogP contribution in [0.5, 0.6) is 0 Å². The first-order valence-electron chi connectivity index (χ1n) is 6.63. The monoisotopic (exact) mass is 246 g/mol.